The summed E-state index contributed by atoms with van der Waals surface area (Å²) in [6.07, 6.45) is 9.01. The van der Waals surface area contributed by atoms with E-state index in [1.807, 2.05) is 27.7 Å². The highest BCUT2D eigenvalue weighted by molar-refractivity contribution is 7.91. The zero-order chi connectivity index (χ0) is 29.6. The third-order valence-corrected chi connectivity index (χ3v) is 12.2. The number of piperidine rings is 2. The predicted molar refractivity (Wildman–Crippen MR) is 167 cm³/mol. The van der Waals surface area contributed by atoms with Crippen molar-refractivity contribution >= 4 is 38.1 Å². The summed E-state index contributed by atoms with van der Waals surface area (Å²) in [4.78, 5) is 22.8. The van der Waals surface area contributed by atoms with E-state index in [1.54, 1.807) is 0 Å². The fraction of sp³-hybridized carbons (Fsp3) is 0.531. The first-order valence-corrected chi connectivity index (χ1v) is 17.6. The second-order valence-electron chi connectivity index (χ2n) is 13.3. The van der Waals surface area contributed by atoms with Gasteiger partial charge in [0.2, 0.25) is 0 Å². The standard InChI is InChI=1S/C32H39N7O3S/c1-19-25-8-6-23(32(40)38-17-22-5-9-26(38)29(22)33)18-39(25)35-30(19)27-15-21-7-10-28(34-31(21)37(27)16-20-3-4-20)36-13-11-24(12-14-36)43(2,41)42/h6-8,10,15,18,20,22,24,26,29H,3-5,9,11-14,16-17,33H2,1-2H3/t22?,26?,29-/m1/s1. The summed E-state index contributed by atoms with van der Waals surface area (Å²) >= 11 is 0. The summed E-state index contributed by atoms with van der Waals surface area (Å²) < 4.78 is 28.3. The van der Waals surface area contributed by atoms with E-state index in [-0.39, 0.29) is 23.2 Å². The maximum atomic E-state index is 13.5. The number of hydrogen-bond acceptors (Lipinski definition) is 7. The third kappa shape index (κ3) is 4.54. The van der Waals surface area contributed by atoms with Gasteiger partial charge in [-0.2, -0.15) is 5.10 Å². The number of anilines is 1. The number of carbonyl (C=O) groups is 1. The number of fused-ring (bicyclic) bond motifs is 4. The highest BCUT2D eigenvalue weighted by atomic mass is 32.2. The largest absolute Gasteiger partial charge is 0.356 e. The predicted octanol–water partition coefficient (Wildman–Crippen LogP) is 3.64. The first kappa shape index (κ1) is 27.1. The molecule has 4 aromatic rings. The summed E-state index contributed by atoms with van der Waals surface area (Å²) in [6.45, 7) is 5.10. The van der Waals surface area contributed by atoms with Gasteiger partial charge in [0.25, 0.3) is 5.91 Å². The molecule has 4 fully saturated rings. The van der Waals surface area contributed by atoms with E-state index in [1.165, 1.54) is 19.1 Å². The number of nitrogens with two attached hydrogens (primary N) is 1. The average Bonchev–Trinajstić information content (AvgIpc) is 3.41. The molecule has 0 radical (unpaired) electrons. The number of rotatable bonds is 6. The number of carbonyl (C=O) groups excluding carboxylic acids is 1. The van der Waals surface area contributed by atoms with E-state index in [0.29, 0.717) is 43.3 Å². The summed E-state index contributed by atoms with van der Waals surface area (Å²) in [5, 5.41) is 5.85. The molecule has 2 bridgehead atoms. The highest BCUT2D eigenvalue weighted by Gasteiger charge is 2.47. The van der Waals surface area contributed by atoms with Gasteiger partial charge in [0.1, 0.15) is 27.0 Å². The SMILES string of the molecule is Cc1c(-c2cc3ccc(N4CCC(S(C)(=O)=O)CC4)nc3n2CC2CC2)nn2cc(C(=O)N3CC4CCC3[C@@H]4N)ccc12. The van der Waals surface area contributed by atoms with Crippen LogP contribution in [0.3, 0.4) is 0 Å². The Morgan fingerprint density at radius 3 is 2.51 bits per heavy atom. The second kappa shape index (κ2) is 9.79. The topological polar surface area (TPSA) is 119 Å². The lowest BCUT2D eigenvalue weighted by molar-refractivity contribution is 0.0700. The van der Waals surface area contributed by atoms with E-state index in [2.05, 4.69) is 34.6 Å². The molecule has 2 aliphatic carbocycles. The number of aryl methyl sites for hydroxylation is 1. The van der Waals surface area contributed by atoms with Crippen LogP contribution in [0.4, 0.5) is 5.82 Å². The van der Waals surface area contributed by atoms with E-state index in [0.717, 1.165) is 65.3 Å². The van der Waals surface area contributed by atoms with Crippen molar-refractivity contribution in [3.05, 3.63) is 47.7 Å². The van der Waals surface area contributed by atoms with Crippen LogP contribution in [0.15, 0.2) is 36.5 Å². The van der Waals surface area contributed by atoms with Crippen LogP contribution in [0.25, 0.3) is 27.9 Å². The van der Waals surface area contributed by atoms with Gasteiger partial charge in [-0.05, 0) is 87.6 Å². The van der Waals surface area contributed by atoms with Crippen molar-refractivity contribution in [1.82, 2.24) is 24.1 Å². The van der Waals surface area contributed by atoms with Crippen molar-refractivity contribution in [2.24, 2.45) is 17.6 Å². The molecule has 2 N–H and O–H groups in total. The van der Waals surface area contributed by atoms with Crippen molar-refractivity contribution in [1.29, 1.82) is 0 Å². The van der Waals surface area contributed by atoms with Crippen LogP contribution < -0.4 is 10.6 Å². The first-order chi connectivity index (χ1) is 20.7. The van der Waals surface area contributed by atoms with Crippen molar-refractivity contribution in [2.75, 3.05) is 30.8 Å². The minimum Gasteiger partial charge on any atom is -0.356 e. The molecule has 10 nitrogen and oxygen atoms in total. The number of hydrogen-bond donors (Lipinski definition) is 1. The van der Waals surface area contributed by atoms with Gasteiger partial charge in [0.05, 0.1) is 22.0 Å². The van der Waals surface area contributed by atoms with E-state index >= 15 is 0 Å². The van der Waals surface area contributed by atoms with Crippen molar-refractivity contribution < 1.29 is 13.2 Å². The summed E-state index contributed by atoms with van der Waals surface area (Å²) in [6, 6.07) is 10.5. The van der Waals surface area contributed by atoms with Crippen LogP contribution in [-0.4, -0.2) is 81.6 Å². The van der Waals surface area contributed by atoms with E-state index in [9.17, 15) is 13.2 Å². The molecule has 8 rings (SSSR count). The summed E-state index contributed by atoms with van der Waals surface area (Å²) in [5.41, 5.74) is 12.0. The minimum atomic E-state index is -3.02. The average molecular weight is 602 g/mol. The van der Waals surface area contributed by atoms with Crippen LogP contribution in [0, 0.1) is 18.8 Å². The second-order valence-corrected chi connectivity index (χ2v) is 15.7. The minimum absolute atomic E-state index is 0.0411. The molecule has 2 saturated carbocycles. The number of likely N-dealkylation sites (tertiary alicyclic amines) is 1. The van der Waals surface area contributed by atoms with E-state index < -0.39 is 9.84 Å². The molecule has 2 unspecified atom stereocenters. The van der Waals surface area contributed by atoms with Gasteiger partial charge in [0, 0.05) is 61.7 Å². The third-order valence-electron chi connectivity index (χ3n) is 10.5. The van der Waals surface area contributed by atoms with Crippen LogP contribution in [-0.2, 0) is 16.4 Å². The molecule has 226 valence electrons. The van der Waals surface area contributed by atoms with Gasteiger partial charge in [-0.3, -0.25) is 4.79 Å². The number of sulfone groups is 1. The Hall–Kier alpha value is -3.44. The van der Waals surface area contributed by atoms with Crippen LogP contribution >= 0.6 is 0 Å². The Kier molecular flexibility index (Phi) is 6.17. The molecule has 43 heavy (non-hydrogen) atoms. The molecule has 4 aromatic heterocycles. The number of amides is 1. The Morgan fingerprint density at radius 1 is 1.05 bits per heavy atom. The lowest BCUT2D eigenvalue weighted by Crippen LogP contribution is -2.41. The zero-order valence-corrected chi connectivity index (χ0v) is 25.6. The van der Waals surface area contributed by atoms with Crippen LogP contribution in [0.5, 0.6) is 0 Å². The maximum Gasteiger partial charge on any atom is 0.255 e. The van der Waals surface area contributed by atoms with Gasteiger partial charge in [-0.1, -0.05) is 0 Å². The molecular weight excluding hydrogens is 562 g/mol. The van der Waals surface area contributed by atoms with Gasteiger partial charge < -0.3 is 20.1 Å². The van der Waals surface area contributed by atoms with Crippen molar-refractivity contribution in [3.63, 3.8) is 0 Å². The Morgan fingerprint density at radius 2 is 1.84 bits per heavy atom. The molecule has 2 saturated heterocycles. The monoisotopic (exact) mass is 601 g/mol. The fourth-order valence-electron chi connectivity index (χ4n) is 7.74. The van der Waals surface area contributed by atoms with E-state index in [4.69, 9.17) is 15.8 Å². The van der Waals surface area contributed by atoms with Crippen molar-refractivity contribution in [2.45, 2.75) is 69.3 Å². The Bertz CT molecular complexity index is 1870. The summed E-state index contributed by atoms with van der Waals surface area (Å²) in [5.74, 6) is 1.98. The molecule has 6 heterocycles. The number of aromatic nitrogens is 4. The molecule has 11 heteroatoms. The lowest BCUT2D eigenvalue weighted by Gasteiger charge is -2.32. The molecule has 0 aromatic carbocycles. The Balaban J connectivity index is 1.14. The number of pyridine rings is 2. The van der Waals surface area contributed by atoms with Gasteiger partial charge >= 0.3 is 0 Å². The molecule has 3 atom stereocenters. The highest BCUT2D eigenvalue weighted by Crippen LogP contribution is 2.39. The lowest BCUT2D eigenvalue weighted by atomic mass is 10.1. The first-order valence-electron chi connectivity index (χ1n) is 15.7. The quantitative estimate of drug-likeness (QED) is 0.358. The zero-order valence-electron chi connectivity index (χ0n) is 24.8. The number of nitrogens with zero attached hydrogens (tertiary/aromatic N) is 6. The van der Waals surface area contributed by atoms with Crippen molar-refractivity contribution in [3.8, 4) is 11.4 Å². The van der Waals surface area contributed by atoms with Gasteiger partial charge in [0.15, 0.2) is 0 Å². The molecule has 0 spiro atoms. The fourth-order valence-corrected chi connectivity index (χ4v) is 8.80. The maximum absolute atomic E-state index is 13.5. The van der Waals surface area contributed by atoms with Crippen LogP contribution in [0.1, 0.15) is 54.4 Å². The van der Waals surface area contributed by atoms with Crippen LogP contribution in [0.2, 0.25) is 0 Å². The summed E-state index contributed by atoms with van der Waals surface area (Å²) in [7, 11) is -3.02. The van der Waals surface area contributed by atoms with Gasteiger partial charge in [-0.25, -0.2) is 17.9 Å². The van der Waals surface area contributed by atoms with Gasteiger partial charge in [-0.15, -0.1) is 0 Å². The Labute approximate surface area is 251 Å². The molecule has 4 aliphatic rings. The normalized spacial score (nSPS) is 24.6. The smallest absolute Gasteiger partial charge is 0.255 e. The molecule has 1 amide bonds. The molecule has 2 aliphatic heterocycles. The molecular formula is C32H39N7O3S.